The normalized spacial score (nSPS) is 12.2. The van der Waals surface area contributed by atoms with Crippen LogP contribution in [0.25, 0.3) is 0 Å². The molecule has 0 aromatic heterocycles. The summed E-state index contributed by atoms with van der Waals surface area (Å²) in [5, 5.41) is 0. The van der Waals surface area contributed by atoms with Crippen molar-refractivity contribution in [1.82, 2.24) is 0 Å². The monoisotopic (exact) mass is 279 g/mol. The van der Waals surface area contributed by atoms with Crippen molar-refractivity contribution in [3.8, 4) is 5.75 Å². The molecule has 0 aliphatic carbocycles. The topological polar surface area (TPSA) is 35.2 Å². The van der Waals surface area contributed by atoms with Crippen molar-refractivity contribution in [2.45, 2.75) is 59.0 Å². The lowest BCUT2D eigenvalue weighted by atomic mass is 10.1. The maximum absolute atomic E-state index is 5.97. The zero-order valence-corrected chi connectivity index (χ0v) is 13.1. The lowest BCUT2D eigenvalue weighted by Crippen LogP contribution is -2.17. The number of thiocarbonyl (C=S) groups is 1. The number of benzene rings is 1. The van der Waals surface area contributed by atoms with E-state index >= 15 is 0 Å². The van der Waals surface area contributed by atoms with Gasteiger partial charge in [-0.15, -0.1) is 0 Å². The average molecular weight is 279 g/mol. The number of hydrogen-bond donors (Lipinski definition) is 1. The Morgan fingerprint density at radius 3 is 2.68 bits per heavy atom. The molecule has 2 N–H and O–H groups in total. The SMILES string of the molecule is CCCCCCC(C)Oc1ccc(C)cc1C(N)=S. The van der Waals surface area contributed by atoms with Gasteiger partial charge in [-0.2, -0.15) is 0 Å². The number of ether oxygens (including phenoxy) is 1. The molecule has 0 saturated heterocycles. The highest BCUT2D eigenvalue weighted by Crippen LogP contribution is 2.22. The van der Waals surface area contributed by atoms with Crippen molar-refractivity contribution in [3.63, 3.8) is 0 Å². The Hall–Kier alpha value is -1.09. The maximum atomic E-state index is 5.97. The third-order valence-electron chi connectivity index (χ3n) is 3.19. The Balaban J connectivity index is 2.58. The number of rotatable bonds is 8. The van der Waals surface area contributed by atoms with Crippen LogP contribution in [0.15, 0.2) is 18.2 Å². The first-order chi connectivity index (χ1) is 9.04. The van der Waals surface area contributed by atoms with Crippen LogP contribution < -0.4 is 10.5 Å². The van der Waals surface area contributed by atoms with Crippen LogP contribution in [0.2, 0.25) is 0 Å². The fourth-order valence-corrected chi connectivity index (χ4v) is 2.23. The van der Waals surface area contributed by atoms with Gasteiger partial charge in [0.05, 0.1) is 11.7 Å². The molecular weight excluding hydrogens is 254 g/mol. The number of hydrogen-bond acceptors (Lipinski definition) is 2. The summed E-state index contributed by atoms with van der Waals surface area (Å²) in [6, 6.07) is 5.98. The van der Waals surface area contributed by atoms with Crippen LogP contribution in [-0.2, 0) is 0 Å². The lowest BCUT2D eigenvalue weighted by molar-refractivity contribution is 0.206. The van der Waals surface area contributed by atoms with E-state index in [2.05, 4.69) is 13.8 Å². The Bertz CT molecular complexity index is 417. The van der Waals surface area contributed by atoms with E-state index in [0.29, 0.717) is 4.99 Å². The van der Waals surface area contributed by atoms with E-state index in [1.807, 2.05) is 25.1 Å². The van der Waals surface area contributed by atoms with Gasteiger partial charge in [-0.3, -0.25) is 0 Å². The van der Waals surface area contributed by atoms with Crippen LogP contribution >= 0.6 is 12.2 Å². The minimum absolute atomic E-state index is 0.202. The Labute approximate surface area is 122 Å². The number of nitrogens with two attached hydrogens (primary N) is 1. The van der Waals surface area contributed by atoms with Crippen LogP contribution in [0, 0.1) is 6.92 Å². The summed E-state index contributed by atoms with van der Waals surface area (Å²) < 4.78 is 5.97. The van der Waals surface area contributed by atoms with Crippen LogP contribution in [0.5, 0.6) is 5.75 Å². The fourth-order valence-electron chi connectivity index (χ4n) is 2.07. The molecule has 0 fully saturated rings. The smallest absolute Gasteiger partial charge is 0.129 e. The molecular formula is C16H25NOS. The minimum Gasteiger partial charge on any atom is -0.490 e. The van der Waals surface area contributed by atoms with Crippen LogP contribution in [0.3, 0.4) is 0 Å². The lowest BCUT2D eigenvalue weighted by Gasteiger charge is -2.17. The highest BCUT2D eigenvalue weighted by molar-refractivity contribution is 7.80. The summed E-state index contributed by atoms with van der Waals surface area (Å²) in [5.41, 5.74) is 7.74. The van der Waals surface area contributed by atoms with Gasteiger partial charge in [0.25, 0.3) is 0 Å². The van der Waals surface area contributed by atoms with Gasteiger partial charge >= 0.3 is 0 Å². The second kappa shape index (κ2) is 8.16. The zero-order chi connectivity index (χ0) is 14.3. The van der Waals surface area contributed by atoms with Gasteiger partial charge in [-0.25, -0.2) is 0 Å². The molecule has 1 aromatic carbocycles. The summed E-state index contributed by atoms with van der Waals surface area (Å²) in [6.07, 6.45) is 6.33. The number of aryl methyl sites for hydroxylation is 1. The third kappa shape index (κ3) is 5.60. The number of unbranched alkanes of at least 4 members (excludes halogenated alkanes) is 3. The molecule has 2 nitrogen and oxygen atoms in total. The molecule has 0 amide bonds. The van der Waals surface area contributed by atoms with Crippen LogP contribution in [-0.4, -0.2) is 11.1 Å². The van der Waals surface area contributed by atoms with Gasteiger partial charge in [0.1, 0.15) is 10.7 Å². The molecule has 0 spiro atoms. The molecule has 0 bridgehead atoms. The van der Waals surface area contributed by atoms with Gasteiger partial charge in [0.15, 0.2) is 0 Å². The molecule has 0 aliphatic heterocycles. The minimum atomic E-state index is 0.202. The van der Waals surface area contributed by atoms with Crippen molar-refractivity contribution in [2.24, 2.45) is 5.73 Å². The first-order valence-corrected chi connectivity index (χ1v) is 7.52. The van der Waals surface area contributed by atoms with Crippen molar-refractivity contribution in [2.75, 3.05) is 0 Å². The van der Waals surface area contributed by atoms with E-state index in [4.69, 9.17) is 22.7 Å². The Morgan fingerprint density at radius 1 is 1.32 bits per heavy atom. The largest absolute Gasteiger partial charge is 0.490 e. The van der Waals surface area contributed by atoms with E-state index in [1.165, 1.54) is 25.7 Å². The van der Waals surface area contributed by atoms with E-state index < -0.39 is 0 Å². The molecule has 1 atom stereocenters. The van der Waals surface area contributed by atoms with Crippen LogP contribution in [0.4, 0.5) is 0 Å². The van der Waals surface area contributed by atoms with Crippen molar-refractivity contribution in [1.29, 1.82) is 0 Å². The second-order valence-electron chi connectivity index (χ2n) is 5.14. The van der Waals surface area contributed by atoms with Gasteiger partial charge in [0.2, 0.25) is 0 Å². The highest BCUT2D eigenvalue weighted by atomic mass is 32.1. The molecule has 0 heterocycles. The van der Waals surface area contributed by atoms with E-state index in [1.54, 1.807) is 0 Å². The molecule has 1 unspecified atom stereocenters. The van der Waals surface area contributed by atoms with Gasteiger partial charge < -0.3 is 10.5 Å². The molecule has 1 rings (SSSR count). The highest BCUT2D eigenvalue weighted by Gasteiger charge is 2.10. The fraction of sp³-hybridized carbons (Fsp3) is 0.562. The zero-order valence-electron chi connectivity index (χ0n) is 12.2. The predicted molar refractivity (Wildman–Crippen MR) is 85.9 cm³/mol. The molecule has 106 valence electrons. The van der Waals surface area contributed by atoms with Crippen molar-refractivity contribution in [3.05, 3.63) is 29.3 Å². The van der Waals surface area contributed by atoms with Gasteiger partial charge in [-0.1, -0.05) is 50.0 Å². The summed E-state index contributed by atoms with van der Waals surface area (Å²) in [7, 11) is 0. The summed E-state index contributed by atoms with van der Waals surface area (Å²) >= 11 is 5.08. The quantitative estimate of drug-likeness (QED) is 0.567. The summed E-state index contributed by atoms with van der Waals surface area (Å²) in [4.78, 5) is 0.400. The molecule has 3 heteroatoms. The van der Waals surface area contributed by atoms with Crippen LogP contribution in [0.1, 0.15) is 57.1 Å². The predicted octanol–water partition coefficient (Wildman–Crippen LogP) is 4.37. The second-order valence-corrected chi connectivity index (χ2v) is 5.58. The van der Waals surface area contributed by atoms with E-state index in [9.17, 15) is 0 Å². The standard InChI is InChI=1S/C16H25NOS/c1-4-5-6-7-8-13(3)18-15-10-9-12(2)11-14(15)16(17)19/h9-11,13H,4-8H2,1-3H3,(H2,17,19). The Kier molecular flexibility index (Phi) is 6.85. The average Bonchev–Trinajstić information content (AvgIpc) is 2.36. The van der Waals surface area contributed by atoms with Gasteiger partial charge in [-0.05, 0) is 38.8 Å². The summed E-state index contributed by atoms with van der Waals surface area (Å²) in [6.45, 7) is 6.36. The van der Waals surface area contributed by atoms with E-state index in [-0.39, 0.29) is 6.10 Å². The maximum Gasteiger partial charge on any atom is 0.129 e. The Morgan fingerprint density at radius 2 is 2.05 bits per heavy atom. The molecule has 19 heavy (non-hydrogen) atoms. The molecule has 1 aromatic rings. The van der Waals surface area contributed by atoms with Crippen molar-refractivity contribution >= 4 is 17.2 Å². The first kappa shape index (κ1) is 16.0. The molecule has 0 radical (unpaired) electrons. The molecule has 0 saturated carbocycles. The molecule has 0 aliphatic rings. The first-order valence-electron chi connectivity index (χ1n) is 7.11. The van der Waals surface area contributed by atoms with Crippen molar-refractivity contribution < 1.29 is 4.74 Å². The third-order valence-corrected chi connectivity index (χ3v) is 3.41. The summed E-state index contributed by atoms with van der Waals surface area (Å²) in [5.74, 6) is 0.807. The van der Waals surface area contributed by atoms with E-state index in [0.717, 1.165) is 23.3 Å². The van der Waals surface area contributed by atoms with Gasteiger partial charge in [0, 0.05) is 0 Å².